The van der Waals surface area contributed by atoms with E-state index in [1.807, 2.05) is 0 Å². The van der Waals surface area contributed by atoms with Gasteiger partial charge < -0.3 is 8.83 Å². The molecule has 2 aromatic heterocycles. The average molecular weight is 546 g/mol. The molecule has 14 heteroatoms. The van der Waals surface area contributed by atoms with Gasteiger partial charge in [-0.05, 0) is 35.4 Å². The van der Waals surface area contributed by atoms with Crippen LogP contribution in [-0.2, 0) is 0 Å². The molecule has 0 radical (unpaired) electrons. The molecule has 0 aliphatic carbocycles. The van der Waals surface area contributed by atoms with Crippen molar-refractivity contribution in [1.82, 2.24) is 9.97 Å². The van der Waals surface area contributed by atoms with Gasteiger partial charge in [-0.2, -0.15) is 21.0 Å². The number of hydrogen-bond donors (Lipinski definition) is 0. The summed E-state index contributed by atoms with van der Waals surface area (Å²) in [5.74, 6) is -10.2. The van der Waals surface area contributed by atoms with Gasteiger partial charge in [-0.25, -0.2) is 36.3 Å². The monoisotopic (exact) mass is 546 g/mol. The van der Waals surface area contributed by atoms with Crippen LogP contribution >= 0.6 is 0 Å². The lowest BCUT2D eigenvalue weighted by molar-refractivity contribution is 0.447. The van der Waals surface area contributed by atoms with E-state index in [4.69, 9.17) is 8.83 Å². The Kier molecular flexibility index (Phi) is 5.95. The third-order valence-electron chi connectivity index (χ3n) is 5.60. The molecule has 0 spiro atoms. The van der Waals surface area contributed by atoms with Crippen molar-refractivity contribution in [3.63, 3.8) is 0 Å². The first-order chi connectivity index (χ1) is 19.1. The maximum Gasteiger partial charge on any atom is 0.249 e. The van der Waals surface area contributed by atoms with Crippen molar-refractivity contribution in [3.05, 3.63) is 70.3 Å². The van der Waals surface area contributed by atoms with E-state index in [9.17, 15) is 47.4 Å². The Morgan fingerprint density at radius 1 is 0.550 bits per heavy atom. The lowest BCUT2D eigenvalue weighted by Gasteiger charge is -2.10. The number of rotatable bonds is 2. The molecule has 0 N–H and O–H groups in total. The van der Waals surface area contributed by atoms with Crippen LogP contribution in [0.15, 0.2) is 33.1 Å². The minimum absolute atomic E-state index is 0.381. The van der Waals surface area contributed by atoms with Gasteiger partial charge in [-0.3, -0.25) is 0 Å². The first-order valence-corrected chi connectivity index (χ1v) is 10.5. The van der Waals surface area contributed by atoms with Gasteiger partial charge in [0, 0.05) is 0 Å². The third kappa shape index (κ3) is 3.76. The number of nitrogens with zero attached hydrogens (tertiary/aromatic N) is 6. The molecule has 192 valence electrons. The van der Waals surface area contributed by atoms with Crippen LogP contribution in [0.3, 0.4) is 0 Å². The van der Waals surface area contributed by atoms with E-state index >= 15 is 0 Å². The fourth-order valence-corrected chi connectivity index (χ4v) is 3.92. The quantitative estimate of drug-likeness (QED) is 0.232. The molecule has 0 amide bonds. The lowest BCUT2D eigenvalue weighted by Crippen LogP contribution is -2.04. The summed E-state index contributed by atoms with van der Waals surface area (Å²) in [7, 11) is 0. The van der Waals surface area contributed by atoms with Crippen molar-refractivity contribution < 1.29 is 35.2 Å². The van der Waals surface area contributed by atoms with Crippen LogP contribution in [-0.4, -0.2) is 9.97 Å². The molecule has 0 bridgehead atoms. The van der Waals surface area contributed by atoms with E-state index in [1.54, 1.807) is 0 Å². The normalized spacial score (nSPS) is 10.7. The molecule has 5 rings (SSSR count). The minimum Gasteiger partial charge on any atom is -0.434 e. The number of fused-ring (bicyclic) bond motifs is 2. The topological polar surface area (TPSA) is 147 Å². The summed E-state index contributed by atoms with van der Waals surface area (Å²) >= 11 is 0. The van der Waals surface area contributed by atoms with Crippen LogP contribution in [0.25, 0.3) is 55.6 Å². The summed E-state index contributed by atoms with van der Waals surface area (Å²) in [6.07, 6.45) is 0. The van der Waals surface area contributed by atoms with Crippen molar-refractivity contribution in [2.45, 2.75) is 0 Å². The van der Waals surface area contributed by atoms with Crippen LogP contribution in [0.2, 0.25) is 0 Å². The number of hydrogen-bond acceptors (Lipinski definition) is 8. The zero-order chi connectivity index (χ0) is 28.9. The Morgan fingerprint density at radius 3 is 1.12 bits per heavy atom. The fraction of sp³-hybridized carbons (Fsp3) is 0. The van der Waals surface area contributed by atoms with Crippen molar-refractivity contribution in [2.75, 3.05) is 0 Å². The Balaban J connectivity index is 2.14. The summed E-state index contributed by atoms with van der Waals surface area (Å²) in [5.41, 5.74) is -6.09. The SMILES string of the molecule is N#CC(C#N)=c1nc2c(-c3cc(F)c(F)c(F)c3)c3oc(=C(C#N)C#N)nc3c(-c3cc(F)c(F)c(F)c3)c2o1. The van der Waals surface area contributed by atoms with Gasteiger partial charge in [-0.15, -0.1) is 0 Å². The molecule has 3 aromatic carbocycles. The van der Waals surface area contributed by atoms with Gasteiger partial charge in [0.05, 0.1) is 11.1 Å². The molecule has 5 aromatic rings. The second-order valence-electron chi connectivity index (χ2n) is 7.85. The molecule has 0 aliphatic rings. The van der Waals surface area contributed by atoms with E-state index in [1.165, 1.54) is 24.3 Å². The van der Waals surface area contributed by atoms with Crippen LogP contribution in [0, 0.1) is 80.2 Å². The smallest absolute Gasteiger partial charge is 0.249 e. The van der Waals surface area contributed by atoms with E-state index < -0.39 is 90.5 Å². The van der Waals surface area contributed by atoms with Gasteiger partial charge in [0.1, 0.15) is 35.3 Å². The van der Waals surface area contributed by atoms with Crippen LogP contribution < -0.4 is 11.1 Å². The second-order valence-corrected chi connectivity index (χ2v) is 7.85. The Hall–Kier alpha value is -6.12. The zero-order valence-electron chi connectivity index (χ0n) is 19.1. The van der Waals surface area contributed by atoms with Crippen molar-refractivity contribution in [1.29, 1.82) is 21.0 Å². The summed E-state index contributed by atoms with van der Waals surface area (Å²) in [6.45, 7) is 0. The molecule has 0 unspecified atom stereocenters. The lowest BCUT2D eigenvalue weighted by atomic mass is 9.96. The Labute approximate surface area is 216 Å². The fourth-order valence-electron chi connectivity index (χ4n) is 3.92. The maximum atomic E-state index is 14.3. The summed E-state index contributed by atoms with van der Waals surface area (Å²) in [6, 6.07) is 8.24. The molecule has 0 saturated carbocycles. The highest BCUT2D eigenvalue weighted by atomic mass is 19.2. The van der Waals surface area contributed by atoms with E-state index in [0.29, 0.717) is 24.3 Å². The van der Waals surface area contributed by atoms with Gasteiger partial charge in [0.15, 0.2) is 57.2 Å². The summed E-state index contributed by atoms with van der Waals surface area (Å²) in [4.78, 5) is 8.06. The Bertz CT molecular complexity index is 1950. The van der Waals surface area contributed by atoms with E-state index in [2.05, 4.69) is 9.97 Å². The minimum atomic E-state index is -1.82. The maximum absolute atomic E-state index is 14.3. The van der Waals surface area contributed by atoms with Gasteiger partial charge in [-0.1, -0.05) is 0 Å². The first kappa shape index (κ1) is 25.5. The molecule has 40 heavy (non-hydrogen) atoms. The largest absolute Gasteiger partial charge is 0.434 e. The molecular formula is C26H4F6N6O2. The number of aromatic nitrogens is 2. The van der Waals surface area contributed by atoms with Gasteiger partial charge >= 0.3 is 0 Å². The third-order valence-corrected chi connectivity index (χ3v) is 5.60. The molecule has 0 saturated heterocycles. The number of nitriles is 4. The summed E-state index contributed by atoms with van der Waals surface area (Å²) in [5, 5.41) is 37.2. The Morgan fingerprint density at radius 2 is 0.850 bits per heavy atom. The molecule has 0 atom stereocenters. The number of oxazole rings is 2. The standard InChI is InChI=1S/C26H4F6N6O2/c27-13-1-9(2-14(28)19(13)31)17-21-24(40-25(37-21)11(5-33)6-34)18(10-3-15(29)20(32)16(30)4-10)22-23(17)39-26(38-22)12(7-35)8-36/h1-4H. The van der Waals surface area contributed by atoms with Crippen molar-refractivity contribution in [2.24, 2.45) is 0 Å². The predicted molar refractivity (Wildman–Crippen MR) is 121 cm³/mol. The highest BCUT2D eigenvalue weighted by Gasteiger charge is 2.28. The average Bonchev–Trinajstić information content (AvgIpc) is 3.54. The molecule has 2 heterocycles. The van der Waals surface area contributed by atoms with Crippen molar-refractivity contribution in [3.8, 4) is 46.5 Å². The molecule has 0 fully saturated rings. The van der Waals surface area contributed by atoms with E-state index in [0.717, 1.165) is 0 Å². The predicted octanol–water partition coefficient (Wildman–Crippen LogP) is 4.53. The van der Waals surface area contributed by atoms with Crippen LogP contribution in [0.5, 0.6) is 0 Å². The van der Waals surface area contributed by atoms with Gasteiger partial charge in [0.2, 0.25) is 11.1 Å². The first-order valence-electron chi connectivity index (χ1n) is 10.5. The summed E-state index contributed by atoms with van der Waals surface area (Å²) < 4.78 is 95.8. The highest BCUT2D eigenvalue weighted by molar-refractivity contribution is 6.15. The molecular weight excluding hydrogens is 542 g/mol. The number of halogens is 6. The van der Waals surface area contributed by atoms with Crippen LogP contribution in [0.1, 0.15) is 0 Å². The van der Waals surface area contributed by atoms with Gasteiger partial charge in [0.25, 0.3) is 0 Å². The molecule has 8 nitrogen and oxygen atoms in total. The van der Waals surface area contributed by atoms with Crippen LogP contribution in [0.4, 0.5) is 26.3 Å². The zero-order valence-corrected chi connectivity index (χ0v) is 19.1. The second kappa shape index (κ2) is 9.32. The van der Waals surface area contributed by atoms with E-state index in [-0.39, 0.29) is 11.1 Å². The highest BCUT2D eigenvalue weighted by Crippen LogP contribution is 2.42. The molecule has 0 aliphatic heterocycles. The number of benzene rings is 3. The van der Waals surface area contributed by atoms with Crippen molar-refractivity contribution >= 4 is 33.3 Å².